The first-order valence-corrected chi connectivity index (χ1v) is 6.16. The smallest absolute Gasteiger partial charge is 0.128 e. The van der Waals surface area contributed by atoms with Gasteiger partial charge in [0.05, 0.1) is 32.5 Å². The van der Waals surface area contributed by atoms with Crippen LogP contribution >= 0.6 is 0 Å². The largest absolute Gasteiger partial charge is 0.496 e. The summed E-state index contributed by atoms with van der Waals surface area (Å²) < 4.78 is 16.2. The van der Waals surface area contributed by atoms with Crippen molar-refractivity contribution in [2.75, 3.05) is 20.8 Å². The standard InChI is InChI=1S/C14H20O4/c1-10-9-14(15,7-8-18-10)13-11(16-2)5-4-6-12(13)17-3/h4-6,10,15H,7-9H2,1-3H3. The Hall–Kier alpha value is -1.26. The van der Waals surface area contributed by atoms with Gasteiger partial charge in [0.1, 0.15) is 17.1 Å². The molecule has 0 amide bonds. The molecule has 1 N–H and O–H groups in total. The van der Waals surface area contributed by atoms with E-state index in [1.165, 1.54) is 0 Å². The topological polar surface area (TPSA) is 47.9 Å². The third-order valence-corrected chi connectivity index (χ3v) is 3.44. The van der Waals surface area contributed by atoms with Gasteiger partial charge >= 0.3 is 0 Å². The average Bonchev–Trinajstić information content (AvgIpc) is 2.37. The SMILES string of the molecule is COc1cccc(OC)c1C1(O)CCOC(C)C1. The van der Waals surface area contributed by atoms with Crippen LogP contribution in [-0.2, 0) is 10.3 Å². The van der Waals surface area contributed by atoms with Crippen LogP contribution in [0.15, 0.2) is 18.2 Å². The molecule has 0 aliphatic carbocycles. The summed E-state index contributed by atoms with van der Waals surface area (Å²) >= 11 is 0. The first kappa shape index (κ1) is 13.2. The Morgan fingerprint density at radius 1 is 1.28 bits per heavy atom. The highest BCUT2D eigenvalue weighted by Gasteiger charge is 2.39. The third-order valence-electron chi connectivity index (χ3n) is 3.44. The van der Waals surface area contributed by atoms with Gasteiger partial charge in [-0.25, -0.2) is 0 Å². The van der Waals surface area contributed by atoms with E-state index in [9.17, 15) is 5.11 Å². The van der Waals surface area contributed by atoms with E-state index in [0.717, 1.165) is 5.56 Å². The maximum atomic E-state index is 10.9. The van der Waals surface area contributed by atoms with Gasteiger partial charge in [-0.1, -0.05) is 6.07 Å². The lowest BCUT2D eigenvalue weighted by Crippen LogP contribution is -2.38. The van der Waals surface area contributed by atoms with Gasteiger partial charge in [-0.05, 0) is 19.1 Å². The van der Waals surface area contributed by atoms with E-state index in [4.69, 9.17) is 14.2 Å². The maximum absolute atomic E-state index is 10.9. The van der Waals surface area contributed by atoms with Crippen molar-refractivity contribution in [1.82, 2.24) is 0 Å². The zero-order chi connectivity index (χ0) is 13.2. The second kappa shape index (κ2) is 5.16. The molecule has 1 heterocycles. The van der Waals surface area contributed by atoms with Crippen LogP contribution in [0.1, 0.15) is 25.3 Å². The summed E-state index contributed by atoms with van der Waals surface area (Å²) in [6.45, 7) is 2.50. The highest BCUT2D eigenvalue weighted by molar-refractivity contribution is 5.48. The Balaban J connectivity index is 2.47. The van der Waals surface area contributed by atoms with Gasteiger partial charge in [0.25, 0.3) is 0 Å². The third kappa shape index (κ3) is 2.31. The van der Waals surface area contributed by atoms with Crippen LogP contribution in [0.4, 0.5) is 0 Å². The van der Waals surface area contributed by atoms with Crippen molar-refractivity contribution < 1.29 is 19.3 Å². The van der Waals surface area contributed by atoms with Gasteiger partial charge in [0, 0.05) is 12.8 Å². The predicted molar refractivity (Wildman–Crippen MR) is 68.1 cm³/mol. The fraction of sp³-hybridized carbons (Fsp3) is 0.571. The average molecular weight is 252 g/mol. The number of hydrogen-bond donors (Lipinski definition) is 1. The number of aliphatic hydroxyl groups is 1. The van der Waals surface area contributed by atoms with Crippen LogP contribution in [-0.4, -0.2) is 32.0 Å². The van der Waals surface area contributed by atoms with Crippen LogP contribution in [0.2, 0.25) is 0 Å². The van der Waals surface area contributed by atoms with Crippen LogP contribution < -0.4 is 9.47 Å². The summed E-state index contributed by atoms with van der Waals surface area (Å²) in [5.41, 5.74) is -0.222. The number of benzene rings is 1. The molecule has 2 unspecified atom stereocenters. The molecule has 18 heavy (non-hydrogen) atoms. The molecule has 0 aromatic heterocycles. The van der Waals surface area contributed by atoms with Crippen LogP contribution in [0.5, 0.6) is 11.5 Å². The Morgan fingerprint density at radius 3 is 2.39 bits per heavy atom. The molecule has 1 aromatic rings. The summed E-state index contributed by atoms with van der Waals surface area (Å²) in [6, 6.07) is 5.54. The molecule has 1 aliphatic rings. The molecule has 2 rings (SSSR count). The van der Waals surface area contributed by atoms with Crippen molar-refractivity contribution in [3.8, 4) is 11.5 Å². The summed E-state index contributed by atoms with van der Waals surface area (Å²) in [5.74, 6) is 1.32. The quantitative estimate of drug-likeness (QED) is 0.895. The normalized spacial score (nSPS) is 27.9. The van der Waals surface area contributed by atoms with Gasteiger partial charge in [0.2, 0.25) is 0 Å². The van der Waals surface area contributed by atoms with E-state index in [1.54, 1.807) is 14.2 Å². The minimum absolute atomic E-state index is 0.0263. The Labute approximate surface area is 107 Å². The predicted octanol–water partition coefficient (Wildman–Crippen LogP) is 2.09. The molecule has 4 nitrogen and oxygen atoms in total. The number of hydrogen-bond acceptors (Lipinski definition) is 4. The first-order valence-electron chi connectivity index (χ1n) is 6.16. The zero-order valence-corrected chi connectivity index (χ0v) is 11.1. The molecule has 2 atom stereocenters. The van der Waals surface area contributed by atoms with E-state index < -0.39 is 5.60 Å². The Morgan fingerprint density at radius 2 is 1.89 bits per heavy atom. The molecular weight excluding hydrogens is 232 g/mol. The number of rotatable bonds is 3. The Bertz CT molecular complexity index is 396. The van der Waals surface area contributed by atoms with Crippen molar-refractivity contribution in [3.05, 3.63) is 23.8 Å². The van der Waals surface area contributed by atoms with E-state index in [-0.39, 0.29) is 6.10 Å². The molecule has 100 valence electrons. The van der Waals surface area contributed by atoms with Crippen LogP contribution in [0.25, 0.3) is 0 Å². The van der Waals surface area contributed by atoms with Crippen molar-refractivity contribution >= 4 is 0 Å². The van der Waals surface area contributed by atoms with Crippen molar-refractivity contribution in [2.24, 2.45) is 0 Å². The Kier molecular flexibility index (Phi) is 3.78. The summed E-state index contributed by atoms with van der Waals surface area (Å²) in [7, 11) is 3.20. The van der Waals surface area contributed by atoms with Crippen molar-refractivity contribution in [3.63, 3.8) is 0 Å². The molecule has 1 fully saturated rings. The van der Waals surface area contributed by atoms with Gasteiger partial charge < -0.3 is 19.3 Å². The maximum Gasteiger partial charge on any atom is 0.128 e. The highest BCUT2D eigenvalue weighted by atomic mass is 16.5. The molecule has 0 saturated carbocycles. The number of methoxy groups -OCH3 is 2. The van der Waals surface area contributed by atoms with E-state index >= 15 is 0 Å². The second-order valence-corrected chi connectivity index (χ2v) is 4.70. The van der Waals surface area contributed by atoms with Gasteiger partial charge in [-0.2, -0.15) is 0 Å². The van der Waals surface area contributed by atoms with Crippen molar-refractivity contribution in [1.29, 1.82) is 0 Å². The van der Waals surface area contributed by atoms with Gasteiger partial charge in [-0.15, -0.1) is 0 Å². The molecular formula is C14H20O4. The fourth-order valence-electron chi connectivity index (χ4n) is 2.60. The van der Waals surface area contributed by atoms with Gasteiger partial charge in [-0.3, -0.25) is 0 Å². The van der Waals surface area contributed by atoms with E-state index in [2.05, 4.69) is 0 Å². The van der Waals surface area contributed by atoms with Gasteiger partial charge in [0.15, 0.2) is 0 Å². The lowest BCUT2D eigenvalue weighted by molar-refractivity contribution is -0.103. The monoisotopic (exact) mass is 252 g/mol. The lowest BCUT2D eigenvalue weighted by Gasteiger charge is -2.37. The van der Waals surface area contributed by atoms with Crippen molar-refractivity contribution in [2.45, 2.75) is 31.5 Å². The molecule has 0 bridgehead atoms. The molecule has 1 saturated heterocycles. The van der Waals surface area contributed by atoms with E-state index in [1.807, 2.05) is 25.1 Å². The van der Waals surface area contributed by atoms with Crippen LogP contribution in [0, 0.1) is 0 Å². The fourth-order valence-corrected chi connectivity index (χ4v) is 2.60. The number of ether oxygens (including phenoxy) is 3. The molecule has 1 aromatic carbocycles. The summed E-state index contributed by atoms with van der Waals surface area (Å²) in [6.07, 6.45) is 1.12. The second-order valence-electron chi connectivity index (χ2n) is 4.70. The highest BCUT2D eigenvalue weighted by Crippen LogP contribution is 2.44. The minimum atomic E-state index is -0.949. The lowest BCUT2D eigenvalue weighted by atomic mass is 9.83. The first-order chi connectivity index (χ1) is 8.60. The molecule has 4 heteroatoms. The zero-order valence-electron chi connectivity index (χ0n) is 11.1. The minimum Gasteiger partial charge on any atom is -0.496 e. The van der Waals surface area contributed by atoms with Crippen LogP contribution in [0.3, 0.4) is 0 Å². The summed E-state index contributed by atoms with van der Waals surface area (Å²) in [4.78, 5) is 0. The van der Waals surface area contributed by atoms with E-state index in [0.29, 0.717) is 30.9 Å². The molecule has 0 radical (unpaired) electrons. The molecule has 1 aliphatic heterocycles. The summed E-state index contributed by atoms with van der Waals surface area (Å²) in [5, 5.41) is 10.9. The molecule has 0 spiro atoms.